The van der Waals surface area contributed by atoms with E-state index >= 15 is 0 Å². The van der Waals surface area contributed by atoms with Crippen LogP contribution in [0.2, 0.25) is 0 Å². The van der Waals surface area contributed by atoms with Gasteiger partial charge >= 0.3 is 18.9 Å². The fraction of sp³-hybridized carbons (Fsp3) is 0.600. The summed E-state index contributed by atoms with van der Waals surface area (Å²) >= 11 is 0. The van der Waals surface area contributed by atoms with Crippen molar-refractivity contribution in [2.75, 3.05) is 0 Å². The second-order valence-corrected chi connectivity index (χ2v) is 1.55. The fourth-order valence-corrected chi connectivity index (χ4v) is 0.300. The molecule has 0 aromatic rings. The molecule has 0 radical (unpaired) electrons. The molecule has 6 heavy (non-hydrogen) atoms. The van der Waals surface area contributed by atoms with Gasteiger partial charge in [-0.1, -0.05) is 13.8 Å². The van der Waals surface area contributed by atoms with Crippen molar-refractivity contribution < 1.29 is 18.9 Å². The molecule has 0 aromatic carbocycles. The standard InChI is InChI=1S/C5H7.Li/c1-4-3-5(4)2;/h4H,1-2H3;/q-1;+1/t4-;/m1./s1. The van der Waals surface area contributed by atoms with E-state index in [1.54, 1.807) is 0 Å². The third kappa shape index (κ3) is 1.20. The van der Waals surface area contributed by atoms with Crippen LogP contribution in [-0.4, -0.2) is 0 Å². The number of hydrogen-bond donors (Lipinski definition) is 0. The first kappa shape index (κ1) is 6.34. The van der Waals surface area contributed by atoms with Gasteiger partial charge in [0.1, 0.15) is 0 Å². The van der Waals surface area contributed by atoms with Crippen molar-refractivity contribution in [1.29, 1.82) is 0 Å². The monoisotopic (exact) mass is 74.1 g/mol. The van der Waals surface area contributed by atoms with Crippen molar-refractivity contribution in [2.24, 2.45) is 5.92 Å². The molecule has 0 nitrogen and oxygen atoms in total. The summed E-state index contributed by atoms with van der Waals surface area (Å²) in [5.41, 5.74) is 1.42. The van der Waals surface area contributed by atoms with Crippen LogP contribution < -0.4 is 18.9 Å². The molecule has 0 amide bonds. The molecule has 0 bridgehead atoms. The van der Waals surface area contributed by atoms with Crippen LogP contribution in [0.1, 0.15) is 13.8 Å². The third-order valence-corrected chi connectivity index (χ3v) is 1.01. The normalized spacial score (nSPS) is 27.7. The zero-order valence-corrected chi connectivity index (χ0v) is 4.58. The van der Waals surface area contributed by atoms with Crippen LogP contribution in [0, 0.1) is 12.0 Å². The van der Waals surface area contributed by atoms with Gasteiger partial charge in [0.2, 0.25) is 0 Å². The zero-order valence-electron chi connectivity index (χ0n) is 4.58. The molecule has 0 N–H and O–H groups in total. The fourth-order valence-electron chi connectivity index (χ4n) is 0.300. The molecule has 1 aliphatic carbocycles. The summed E-state index contributed by atoms with van der Waals surface area (Å²) in [5.74, 6) is 0.718. The Bertz CT molecular complexity index is 74.0. The van der Waals surface area contributed by atoms with Gasteiger partial charge in [0.25, 0.3) is 0 Å². The molecule has 0 saturated carbocycles. The van der Waals surface area contributed by atoms with E-state index in [0.29, 0.717) is 0 Å². The summed E-state index contributed by atoms with van der Waals surface area (Å²) in [5, 5.41) is 0. The van der Waals surface area contributed by atoms with E-state index in [1.807, 2.05) is 0 Å². The Morgan fingerprint density at radius 3 is 1.83 bits per heavy atom. The average molecular weight is 74.1 g/mol. The topological polar surface area (TPSA) is 0 Å². The van der Waals surface area contributed by atoms with Crippen LogP contribution in [0.15, 0.2) is 5.57 Å². The van der Waals surface area contributed by atoms with Crippen LogP contribution in [0.25, 0.3) is 0 Å². The predicted molar refractivity (Wildman–Crippen MR) is 21.6 cm³/mol. The van der Waals surface area contributed by atoms with Gasteiger partial charge in [-0.05, 0) is 0 Å². The minimum atomic E-state index is 0. The number of hydrogen-bond acceptors (Lipinski definition) is 0. The Hall–Kier alpha value is 0.337. The molecule has 0 heterocycles. The van der Waals surface area contributed by atoms with Crippen molar-refractivity contribution in [1.82, 2.24) is 0 Å². The van der Waals surface area contributed by atoms with Crippen LogP contribution in [-0.2, 0) is 0 Å². The van der Waals surface area contributed by atoms with E-state index in [9.17, 15) is 0 Å². The predicted octanol–water partition coefficient (Wildman–Crippen LogP) is -1.61. The molecule has 0 aromatic heterocycles. The van der Waals surface area contributed by atoms with Gasteiger partial charge in [-0.15, -0.1) is 0 Å². The minimum Gasteiger partial charge on any atom is -0.495 e. The molecular weight excluding hydrogens is 67.0 g/mol. The van der Waals surface area contributed by atoms with Crippen molar-refractivity contribution in [2.45, 2.75) is 13.8 Å². The molecule has 28 valence electrons. The van der Waals surface area contributed by atoms with Crippen LogP contribution >= 0.6 is 0 Å². The largest absolute Gasteiger partial charge is 1.00 e. The molecule has 1 rings (SSSR count). The second kappa shape index (κ2) is 1.87. The summed E-state index contributed by atoms with van der Waals surface area (Å²) in [4.78, 5) is 0. The van der Waals surface area contributed by atoms with Gasteiger partial charge in [-0.25, -0.2) is 0 Å². The van der Waals surface area contributed by atoms with E-state index < -0.39 is 0 Å². The molecule has 1 aliphatic rings. The Kier molecular flexibility index (Phi) is 1.97. The molecular formula is C5H7Li. The zero-order chi connectivity index (χ0) is 3.86. The Labute approximate surface area is 50.8 Å². The maximum Gasteiger partial charge on any atom is 1.00 e. The first-order valence-electron chi connectivity index (χ1n) is 1.90. The number of rotatable bonds is 0. The van der Waals surface area contributed by atoms with E-state index in [-0.39, 0.29) is 18.9 Å². The van der Waals surface area contributed by atoms with Crippen LogP contribution in [0.4, 0.5) is 0 Å². The van der Waals surface area contributed by atoms with Gasteiger partial charge in [-0.2, -0.15) is 5.92 Å². The third-order valence-electron chi connectivity index (χ3n) is 1.01. The molecule has 0 spiro atoms. The molecule has 0 unspecified atom stereocenters. The van der Waals surface area contributed by atoms with E-state index in [2.05, 4.69) is 19.9 Å². The van der Waals surface area contributed by atoms with E-state index in [4.69, 9.17) is 0 Å². The Morgan fingerprint density at radius 2 is 1.83 bits per heavy atom. The number of allylic oxidation sites excluding steroid dienone is 2. The molecule has 1 atom stereocenters. The van der Waals surface area contributed by atoms with Gasteiger partial charge in [0.05, 0.1) is 0 Å². The second-order valence-electron chi connectivity index (χ2n) is 1.55. The van der Waals surface area contributed by atoms with Crippen LogP contribution in [0.5, 0.6) is 0 Å². The molecule has 0 fully saturated rings. The summed E-state index contributed by atoms with van der Waals surface area (Å²) in [6.07, 6.45) is 3.11. The first-order valence-corrected chi connectivity index (χ1v) is 1.90. The van der Waals surface area contributed by atoms with Gasteiger partial charge in [0.15, 0.2) is 0 Å². The van der Waals surface area contributed by atoms with Gasteiger partial charge < -0.3 is 6.08 Å². The Morgan fingerprint density at radius 1 is 1.67 bits per heavy atom. The summed E-state index contributed by atoms with van der Waals surface area (Å²) in [6, 6.07) is 0. The van der Waals surface area contributed by atoms with Gasteiger partial charge in [0, 0.05) is 0 Å². The van der Waals surface area contributed by atoms with Crippen molar-refractivity contribution in [3.05, 3.63) is 11.6 Å². The van der Waals surface area contributed by atoms with Crippen molar-refractivity contribution >= 4 is 0 Å². The van der Waals surface area contributed by atoms with E-state index in [1.165, 1.54) is 5.57 Å². The summed E-state index contributed by atoms with van der Waals surface area (Å²) in [7, 11) is 0. The maximum atomic E-state index is 3.11. The van der Waals surface area contributed by atoms with Crippen LogP contribution in [0.3, 0.4) is 0 Å². The quantitative estimate of drug-likeness (QED) is 0.239. The van der Waals surface area contributed by atoms with E-state index in [0.717, 1.165) is 5.92 Å². The van der Waals surface area contributed by atoms with Crippen molar-refractivity contribution in [3.8, 4) is 0 Å². The molecule has 1 heteroatoms. The molecule has 0 aliphatic heterocycles. The smallest absolute Gasteiger partial charge is 0.495 e. The van der Waals surface area contributed by atoms with Gasteiger partial charge in [-0.3, -0.25) is 5.57 Å². The SMILES string of the molecule is CC1=[C-][C@H]1C.[Li+]. The Balaban J connectivity index is 0.000000250. The summed E-state index contributed by atoms with van der Waals surface area (Å²) in [6.45, 7) is 4.25. The first-order chi connectivity index (χ1) is 2.30. The van der Waals surface area contributed by atoms with Crippen molar-refractivity contribution in [3.63, 3.8) is 0 Å². The minimum absolute atomic E-state index is 0. The maximum absolute atomic E-state index is 3.11. The average Bonchev–Trinajstić information content (AvgIpc) is 1.79. The molecule has 0 saturated heterocycles. The summed E-state index contributed by atoms with van der Waals surface area (Å²) < 4.78 is 0.